The molecule has 2 N–H and O–H groups in total. The van der Waals surface area contributed by atoms with E-state index in [1.165, 1.54) is 38.5 Å². The molecule has 2 rings (SSSR count). The monoisotopic (exact) mass is 197 g/mol. The van der Waals surface area contributed by atoms with Gasteiger partial charge in [-0.3, -0.25) is 0 Å². The molecule has 2 atom stereocenters. The van der Waals surface area contributed by atoms with Crippen molar-refractivity contribution in [1.29, 1.82) is 0 Å². The lowest BCUT2D eigenvalue weighted by molar-refractivity contribution is -0.0430. The lowest BCUT2D eigenvalue weighted by Crippen LogP contribution is -2.26. The van der Waals surface area contributed by atoms with E-state index >= 15 is 0 Å². The molecule has 0 bridgehead atoms. The van der Waals surface area contributed by atoms with Gasteiger partial charge in [-0.05, 0) is 44.6 Å². The third kappa shape index (κ3) is 2.12. The Morgan fingerprint density at radius 1 is 1.36 bits per heavy atom. The van der Waals surface area contributed by atoms with Crippen molar-refractivity contribution < 1.29 is 4.74 Å². The quantitative estimate of drug-likeness (QED) is 0.754. The number of rotatable bonds is 3. The Labute approximate surface area is 87.2 Å². The molecular weight excluding hydrogens is 174 g/mol. The molecule has 0 radical (unpaired) electrons. The van der Waals surface area contributed by atoms with Crippen LogP contribution in [-0.4, -0.2) is 18.2 Å². The maximum absolute atomic E-state index is 6.23. The molecule has 1 spiro atoms. The number of ether oxygens (including phenoxy) is 1. The highest BCUT2D eigenvalue weighted by atomic mass is 16.5. The summed E-state index contributed by atoms with van der Waals surface area (Å²) >= 11 is 0. The minimum Gasteiger partial charge on any atom is -0.372 e. The average molecular weight is 197 g/mol. The Morgan fingerprint density at radius 3 is 2.71 bits per heavy atom. The van der Waals surface area contributed by atoms with E-state index in [9.17, 15) is 0 Å². The van der Waals surface area contributed by atoms with Crippen LogP contribution in [-0.2, 0) is 4.74 Å². The van der Waals surface area contributed by atoms with E-state index in [2.05, 4.69) is 6.92 Å². The van der Waals surface area contributed by atoms with Crippen molar-refractivity contribution in [3.05, 3.63) is 0 Å². The molecule has 2 unspecified atom stereocenters. The highest BCUT2D eigenvalue weighted by Gasteiger charge is 2.42. The van der Waals surface area contributed by atoms with Gasteiger partial charge >= 0.3 is 0 Å². The highest BCUT2D eigenvalue weighted by molar-refractivity contribution is 4.93. The van der Waals surface area contributed by atoms with Crippen LogP contribution in [0.3, 0.4) is 0 Å². The van der Waals surface area contributed by atoms with Crippen LogP contribution in [0.5, 0.6) is 0 Å². The van der Waals surface area contributed by atoms with Gasteiger partial charge in [-0.2, -0.15) is 0 Å². The number of hydrogen-bond donors (Lipinski definition) is 1. The molecule has 82 valence electrons. The van der Waals surface area contributed by atoms with Gasteiger partial charge in [-0.25, -0.2) is 0 Å². The van der Waals surface area contributed by atoms with E-state index in [0.29, 0.717) is 17.6 Å². The zero-order valence-electron chi connectivity index (χ0n) is 9.30. The van der Waals surface area contributed by atoms with Crippen LogP contribution < -0.4 is 5.73 Å². The Balaban J connectivity index is 1.82. The van der Waals surface area contributed by atoms with Gasteiger partial charge in [0.25, 0.3) is 0 Å². The first-order valence-electron chi connectivity index (χ1n) is 6.12. The van der Waals surface area contributed by atoms with Crippen molar-refractivity contribution in [2.75, 3.05) is 6.54 Å². The smallest absolute Gasteiger partial charge is 0.0687 e. The van der Waals surface area contributed by atoms with Gasteiger partial charge in [0.05, 0.1) is 11.7 Å². The Hall–Kier alpha value is -0.0800. The van der Waals surface area contributed by atoms with Gasteiger partial charge in [0.15, 0.2) is 0 Å². The van der Waals surface area contributed by atoms with E-state index in [4.69, 9.17) is 10.5 Å². The maximum atomic E-state index is 6.23. The van der Waals surface area contributed by atoms with Crippen LogP contribution in [0.2, 0.25) is 0 Å². The molecule has 1 saturated heterocycles. The Morgan fingerprint density at radius 2 is 2.07 bits per heavy atom. The molecule has 0 amide bonds. The summed E-state index contributed by atoms with van der Waals surface area (Å²) in [5.41, 5.74) is 5.94. The Bertz CT molecular complexity index is 187. The van der Waals surface area contributed by atoms with E-state index in [-0.39, 0.29) is 0 Å². The van der Waals surface area contributed by atoms with Crippen LogP contribution in [0, 0.1) is 5.92 Å². The Kier molecular flexibility index (Phi) is 3.13. The van der Waals surface area contributed by atoms with Gasteiger partial charge in [0.1, 0.15) is 0 Å². The summed E-state index contributed by atoms with van der Waals surface area (Å²) < 4.78 is 6.23. The van der Waals surface area contributed by atoms with Crippen LogP contribution in [0.4, 0.5) is 0 Å². The molecule has 2 fully saturated rings. The van der Waals surface area contributed by atoms with Crippen molar-refractivity contribution in [3.63, 3.8) is 0 Å². The summed E-state index contributed by atoms with van der Waals surface area (Å²) in [4.78, 5) is 0. The molecule has 1 heterocycles. The zero-order valence-corrected chi connectivity index (χ0v) is 9.30. The maximum Gasteiger partial charge on any atom is 0.0687 e. The highest BCUT2D eigenvalue weighted by Crippen LogP contribution is 2.44. The van der Waals surface area contributed by atoms with Crippen molar-refractivity contribution >= 4 is 0 Å². The van der Waals surface area contributed by atoms with Crippen molar-refractivity contribution in [2.45, 2.75) is 63.6 Å². The summed E-state index contributed by atoms with van der Waals surface area (Å²) in [5.74, 6) is 0.622. The lowest BCUT2D eigenvalue weighted by atomic mass is 9.97. The summed E-state index contributed by atoms with van der Waals surface area (Å²) in [6.07, 6.45) is 9.60. The topological polar surface area (TPSA) is 35.2 Å². The standard InChI is InChI=1S/C12H23NO/c1-10(9-13)8-11-4-7-12(14-11)5-2-3-6-12/h10-11H,2-9,13H2,1H3. The average Bonchev–Trinajstić information content (AvgIpc) is 2.78. The molecule has 2 nitrogen and oxygen atoms in total. The molecule has 1 aliphatic heterocycles. The van der Waals surface area contributed by atoms with Crippen molar-refractivity contribution in [1.82, 2.24) is 0 Å². The first kappa shape index (κ1) is 10.4. The van der Waals surface area contributed by atoms with Crippen LogP contribution in [0.25, 0.3) is 0 Å². The minimum absolute atomic E-state index is 0.305. The van der Waals surface area contributed by atoms with Crippen LogP contribution >= 0.6 is 0 Å². The predicted molar refractivity (Wildman–Crippen MR) is 58.1 cm³/mol. The predicted octanol–water partition coefficient (Wildman–Crippen LogP) is 2.46. The fourth-order valence-electron chi connectivity index (χ4n) is 2.99. The van der Waals surface area contributed by atoms with Crippen LogP contribution in [0.15, 0.2) is 0 Å². The number of nitrogens with two attached hydrogens (primary N) is 1. The summed E-state index contributed by atoms with van der Waals surface area (Å²) in [7, 11) is 0. The molecule has 1 aliphatic carbocycles. The first-order chi connectivity index (χ1) is 6.74. The largest absolute Gasteiger partial charge is 0.372 e. The molecule has 2 heteroatoms. The van der Waals surface area contributed by atoms with E-state index < -0.39 is 0 Å². The van der Waals surface area contributed by atoms with Gasteiger partial charge in [0.2, 0.25) is 0 Å². The van der Waals surface area contributed by atoms with Gasteiger partial charge in [-0.15, -0.1) is 0 Å². The molecular formula is C12H23NO. The number of hydrogen-bond acceptors (Lipinski definition) is 2. The van der Waals surface area contributed by atoms with Crippen molar-refractivity contribution in [2.24, 2.45) is 11.7 Å². The summed E-state index contributed by atoms with van der Waals surface area (Å²) in [6.45, 7) is 3.02. The third-order valence-corrected chi connectivity index (χ3v) is 3.92. The van der Waals surface area contributed by atoms with E-state index in [1.807, 2.05) is 0 Å². The van der Waals surface area contributed by atoms with E-state index in [0.717, 1.165) is 13.0 Å². The molecule has 0 aromatic heterocycles. The lowest BCUT2D eigenvalue weighted by Gasteiger charge is -2.24. The van der Waals surface area contributed by atoms with Crippen molar-refractivity contribution in [3.8, 4) is 0 Å². The van der Waals surface area contributed by atoms with E-state index in [1.54, 1.807) is 0 Å². The van der Waals surface area contributed by atoms with Gasteiger partial charge in [-0.1, -0.05) is 19.8 Å². The summed E-state index contributed by atoms with van der Waals surface area (Å²) in [6, 6.07) is 0. The molecule has 1 saturated carbocycles. The fourth-order valence-corrected chi connectivity index (χ4v) is 2.99. The molecule has 2 aliphatic rings. The zero-order chi connectivity index (χ0) is 10.0. The third-order valence-electron chi connectivity index (χ3n) is 3.92. The minimum atomic E-state index is 0.305. The van der Waals surface area contributed by atoms with Gasteiger partial charge in [0, 0.05) is 0 Å². The molecule has 14 heavy (non-hydrogen) atoms. The van der Waals surface area contributed by atoms with Crippen LogP contribution in [0.1, 0.15) is 51.9 Å². The molecule has 0 aromatic rings. The first-order valence-corrected chi connectivity index (χ1v) is 6.12. The second-order valence-electron chi connectivity index (χ2n) is 5.25. The SMILES string of the molecule is CC(CN)CC1CCC2(CCCC2)O1. The summed E-state index contributed by atoms with van der Waals surface area (Å²) in [5, 5.41) is 0. The normalized spacial score (nSPS) is 32.6. The molecule has 0 aromatic carbocycles. The fraction of sp³-hybridized carbons (Fsp3) is 1.00. The second kappa shape index (κ2) is 4.19. The second-order valence-corrected chi connectivity index (χ2v) is 5.25. The van der Waals surface area contributed by atoms with Gasteiger partial charge < -0.3 is 10.5 Å².